The molecule has 3 rings (SSSR count). The molecule has 138 valence electrons. The van der Waals surface area contributed by atoms with Gasteiger partial charge in [-0.3, -0.25) is 9.69 Å². The van der Waals surface area contributed by atoms with Gasteiger partial charge in [0, 0.05) is 44.7 Å². The Morgan fingerprint density at radius 3 is 1.96 bits per heavy atom. The summed E-state index contributed by atoms with van der Waals surface area (Å²) in [6.45, 7) is 16.0. The van der Waals surface area contributed by atoms with Gasteiger partial charge in [0.25, 0.3) is 0 Å². The standard InChI is InChI=1S/C20H37N3O/c1-16(2)21-9-5-18(6-10-21)13-19(24)22-11-7-20(8-12-22)14-23(15-20)17(3)4/h16-18H,5-15H2,1-4H3. The number of likely N-dealkylation sites (tertiary alicyclic amines) is 3. The molecule has 0 aromatic carbocycles. The normalized spacial score (nSPS) is 26.3. The molecule has 0 aromatic rings. The maximum absolute atomic E-state index is 12.7. The van der Waals surface area contributed by atoms with Gasteiger partial charge in [-0.15, -0.1) is 0 Å². The predicted molar refractivity (Wildman–Crippen MR) is 99.0 cm³/mol. The van der Waals surface area contributed by atoms with Crippen LogP contribution in [0, 0.1) is 11.3 Å². The van der Waals surface area contributed by atoms with Crippen molar-refractivity contribution in [2.75, 3.05) is 39.3 Å². The Kier molecular flexibility index (Phi) is 5.55. The fourth-order valence-corrected chi connectivity index (χ4v) is 4.78. The Balaban J connectivity index is 1.39. The molecule has 3 saturated heterocycles. The molecule has 3 heterocycles. The van der Waals surface area contributed by atoms with Gasteiger partial charge in [0.15, 0.2) is 0 Å². The molecular weight excluding hydrogens is 298 g/mol. The molecule has 3 aliphatic heterocycles. The Bertz CT molecular complexity index is 424. The molecule has 0 N–H and O–H groups in total. The van der Waals surface area contributed by atoms with Crippen LogP contribution in [0.5, 0.6) is 0 Å². The van der Waals surface area contributed by atoms with Crippen molar-refractivity contribution >= 4 is 5.91 Å². The number of hydrogen-bond acceptors (Lipinski definition) is 3. The van der Waals surface area contributed by atoms with Crippen LogP contribution < -0.4 is 0 Å². The highest BCUT2D eigenvalue weighted by Gasteiger charge is 2.45. The summed E-state index contributed by atoms with van der Waals surface area (Å²) in [6, 6.07) is 1.32. The summed E-state index contributed by atoms with van der Waals surface area (Å²) in [5, 5.41) is 0. The summed E-state index contributed by atoms with van der Waals surface area (Å²) in [7, 11) is 0. The lowest BCUT2D eigenvalue weighted by Crippen LogP contribution is -2.62. The number of carbonyl (C=O) groups excluding carboxylic acids is 1. The average Bonchev–Trinajstić information content (AvgIpc) is 2.53. The highest BCUT2D eigenvalue weighted by molar-refractivity contribution is 5.76. The van der Waals surface area contributed by atoms with Crippen molar-refractivity contribution in [2.24, 2.45) is 11.3 Å². The Labute approximate surface area is 148 Å². The van der Waals surface area contributed by atoms with Crippen LogP contribution in [0.3, 0.4) is 0 Å². The van der Waals surface area contributed by atoms with Gasteiger partial charge in [0.05, 0.1) is 0 Å². The van der Waals surface area contributed by atoms with Crippen molar-refractivity contribution in [3.05, 3.63) is 0 Å². The van der Waals surface area contributed by atoms with E-state index in [0.29, 0.717) is 29.3 Å². The molecule has 4 nitrogen and oxygen atoms in total. The Morgan fingerprint density at radius 2 is 1.46 bits per heavy atom. The molecule has 3 aliphatic rings. The van der Waals surface area contributed by atoms with Crippen LogP contribution in [0.4, 0.5) is 0 Å². The minimum absolute atomic E-state index is 0.424. The van der Waals surface area contributed by atoms with E-state index in [-0.39, 0.29) is 0 Å². The van der Waals surface area contributed by atoms with E-state index in [1.54, 1.807) is 0 Å². The highest BCUT2D eigenvalue weighted by Crippen LogP contribution is 2.41. The summed E-state index contributed by atoms with van der Waals surface area (Å²) in [5.74, 6) is 1.04. The molecule has 0 saturated carbocycles. The van der Waals surface area contributed by atoms with Gasteiger partial charge < -0.3 is 9.80 Å². The van der Waals surface area contributed by atoms with E-state index in [0.717, 1.165) is 19.5 Å². The van der Waals surface area contributed by atoms with Crippen LogP contribution >= 0.6 is 0 Å². The number of piperidine rings is 2. The molecule has 3 fully saturated rings. The fraction of sp³-hybridized carbons (Fsp3) is 0.950. The van der Waals surface area contributed by atoms with Gasteiger partial charge in [-0.05, 0) is 77.8 Å². The first kappa shape index (κ1) is 18.2. The summed E-state index contributed by atoms with van der Waals surface area (Å²) in [4.78, 5) is 20.0. The SMILES string of the molecule is CC(C)N1CCC(CC(=O)N2CCC3(CC2)CN(C(C)C)C3)CC1. The predicted octanol–water partition coefficient (Wildman–Crippen LogP) is 2.83. The van der Waals surface area contributed by atoms with Crippen LogP contribution in [0.1, 0.15) is 59.8 Å². The first-order chi connectivity index (χ1) is 11.4. The number of amides is 1. The summed E-state index contributed by atoms with van der Waals surface area (Å²) < 4.78 is 0. The lowest BCUT2D eigenvalue weighted by atomic mass is 9.71. The van der Waals surface area contributed by atoms with E-state index >= 15 is 0 Å². The third kappa shape index (κ3) is 3.96. The summed E-state index contributed by atoms with van der Waals surface area (Å²) >= 11 is 0. The van der Waals surface area contributed by atoms with Gasteiger partial charge in [0.1, 0.15) is 0 Å². The topological polar surface area (TPSA) is 26.8 Å². The number of nitrogens with zero attached hydrogens (tertiary/aromatic N) is 3. The lowest BCUT2D eigenvalue weighted by molar-refractivity contribution is -0.138. The maximum Gasteiger partial charge on any atom is 0.222 e. The smallest absolute Gasteiger partial charge is 0.222 e. The van der Waals surface area contributed by atoms with E-state index in [1.807, 2.05) is 0 Å². The third-order valence-corrected chi connectivity index (χ3v) is 6.83. The number of rotatable bonds is 4. The molecule has 0 aromatic heterocycles. The van der Waals surface area contributed by atoms with Crippen molar-refractivity contribution < 1.29 is 4.79 Å². The minimum Gasteiger partial charge on any atom is -0.343 e. The van der Waals surface area contributed by atoms with E-state index < -0.39 is 0 Å². The summed E-state index contributed by atoms with van der Waals surface area (Å²) in [6.07, 6.45) is 5.62. The monoisotopic (exact) mass is 335 g/mol. The second-order valence-corrected chi connectivity index (χ2v) is 9.16. The van der Waals surface area contributed by atoms with E-state index in [1.165, 1.54) is 51.9 Å². The van der Waals surface area contributed by atoms with Gasteiger partial charge in [-0.25, -0.2) is 0 Å². The zero-order valence-corrected chi connectivity index (χ0v) is 16.3. The molecule has 0 bridgehead atoms. The van der Waals surface area contributed by atoms with Gasteiger partial charge >= 0.3 is 0 Å². The first-order valence-corrected chi connectivity index (χ1v) is 10.1. The largest absolute Gasteiger partial charge is 0.343 e. The first-order valence-electron chi connectivity index (χ1n) is 10.1. The zero-order valence-electron chi connectivity index (χ0n) is 16.3. The third-order valence-electron chi connectivity index (χ3n) is 6.83. The molecule has 0 atom stereocenters. The zero-order chi connectivity index (χ0) is 17.3. The molecule has 0 unspecified atom stereocenters. The molecule has 0 radical (unpaired) electrons. The fourth-order valence-electron chi connectivity index (χ4n) is 4.78. The highest BCUT2D eigenvalue weighted by atomic mass is 16.2. The van der Waals surface area contributed by atoms with Crippen LogP contribution in [-0.2, 0) is 4.79 Å². The molecule has 0 aliphatic carbocycles. The van der Waals surface area contributed by atoms with Crippen LogP contribution in [0.15, 0.2) is 0 Å². The quantitative estimate of drug-likeness (QED) is 0.790. The molecule has 4 heteroatoms. The van der Waals surface area contributed by atoms with Gasteiger partial charge in [-0.2, -0.15) is 0 Å². The second-order valence-electron chi connectivity index (χ2n) is 9.16. The van der Waals surface area contributed by atoms with Crippen LogP contribution in [-0.4, -0.2) is 72.0 Å². The Morgan fingerprint density at radius 1 is 0.917 bits per heavy atom. The van der Waals surface area contributed by atoms with Crippen LogP contribution in [0.25, 0.3) is 0 Å². The number of hydrogen-bond donors (Lipinski definition) is 0. The molecular formula is C20H37N3O. The van der Waals surface area contributed by atoms with Gasteiger partial charge in [-0.1, -0.05) is 0 Å². The van der Waals surface area contributed by atoms with Crippen LogP contribution in [0.2, 0.25) is 0 Å². The van der Waals surface area contributed by atoms with Crippen molar-refractivity contribution in [3.8, 4) is 0 Å². The molecule has 1 amide bonds. The van der Waals surface area contributed by atoms with E-state index in [4.69, 9.17) is 0 Å². The van der Waals surface area contributed by atoms with Crippen molar-refractivity contribution in [3.63, 3.8) is 0 Å². The maximum atomic E-state index is 12.7. The van der Waals surface area contributed by atoms with Crippen molar-refractivity contribution in [2.45, 2.75) is 71.9 Å². The lowest BCUT2D eigenvalue weighted by Gasteiger charge is -2.55. The van der Waals surface area contributed by atoms with Gasteiger partial charge in [0.2, 0.25) is 5.91 Å². The van der Waals surface area contributed by atoms with Crippen molar-refractivity contribution in [1.82, 2.24) is 14.7 Å². The minimum atomic E-state index is 0.424. The summed E-state index contributed by atoms with van der Waals surface area (Å²) in [5.41, 5.74) is 0.531. The number of carbonyl (C=O) groups is 1. The van der Waals surface area contributed by atoms with E-state index in [9.17, 15) is 4.79 Å². The van der Waals surface area contributed by atoms with E-state index in [2.05, 4.69) is 42.4 Å². The Hall–Kier alpha value is -0.610. The van der Waals surface area contributed by atoms with Crippen molar-refractivity contribution in [1.29, 1.82) is 0 Å². The average molecular weight is 336 g/mol. The second kappa shape index (κ2) is 7.33. The molecule has 24 heavy (non-hydrogen) atoms. The molecule has 1 spiro atoms.